The van der Waals surface area contributed by atoms with Gasteiger partial charge in [0.2, 0.25) is 16.0 Å². The van der Waals surface area contributed by atoms with E-state index in [9.17, 15) is 8.42 Å². The minimum absolute atomic E-state index is 0.342. The SMILES string of the molecule is Cn1ccc(S(=O)(=O)N2CCN(c3ncccn3)CC2)c1. The molecule has 2 aromatic heterocycles. The highest BCUT2D eigenvalue weighted by molar-refractivity contribution is 7.89. The second-order valence-electron chi connectivity index (χ2n) is 4.95. The first-order chi connectivity index (χ1) is 10.1. The Bertz CT molecular complexity index is 705. The second kappa shape index (κ2) is 5.45. The number of aromatic nitrogens is 3. The number of nitrogens with zero attached hydrogens (tertiary/aromatic N) is 5. The Morgan fingerprint density at radius 3 is 2.33 bits per heavy atom. The standard InChI is InChI=1S/C13H17N5O2S/c1-16-6-3-12(11-16)21(19,20)18-9-7-17(8-10-18)13-14-4-2-5-15-13/h2-6,11H,7-10H2,1H3. The maximum atomic E-state index is 12.5. The van der Waals surface area contributed by atoms with Crippen molar-refractivity contribution in [3.63, 3.8) is 0 Å². The smallest absolute Gasteiger partial charge is 0.244 e. The Kier molecular flexibility index (Phi) is 3.64. The van der Waals surface area contributed by atoms with Gasteiger partial charge in [0, 0.05) is 58.0 Å². The third-order valence-electron chi connectivity index (χ3n) is 3.52. The van der Waals surface area contributed by atoms with Gasteiger partial charge in [0.25, 0.3) is 0 Å². The van der Waals surface area contributed by atoms with Crippen molar-refractivity contribution in [3.05, 3.63) is 36.9 Å². The van der Waals surface area contributed by atoms with Gasteiger partial charge in [0.05, 0.1) is 4.90 Å². The molecule has 0 saturated carbocycles. The van der Waals surface area contributed by atoms with Crippen molar-refractivity contribution in [1.82, 2.24) is 18.8 Å². The molecule has 1 fully saturated rings. The average Bonchev–Trinajstić information content (AvgIpc) is 2.96. The van der Waals surface area contributed by atoms with Crippen LogP contribution >= 0.6 is 0 Å². The molecular weight excluding hydrogens is 290 g/mol. The molecule has 0 bridgehead atoms. The molecule has 112 valence electrons. The molecule has 3 heterocycles. The third-order valence-corrected chi connectivity index (χ3v) is 5.40. The van der Waals surface area contributed by atoms with Gasteiger partial charge in [-0.3, -0.25) is 0 Å². The van der Waals surface area contributed by atoms with Gasteiger partial charge in [-0.15, -0.1) is 0 Å². The predicted molar refractivity (Wildman–Crippen MR) is 78.4 cm³/mol. The van der Waals surface area contributed by atoms with Crippen LogP contribution in [0.4, 0.5) is 5.95 Å². The minimum Gasteiger partial charge on any atom is -0.356 e. The van der Waals surface area contributed by atoms with Crippen LogP contribution in [0.1, 0.15) is 0 Å². The van der Waals surface area contributed by atoms with Crippen molar-refractivity contribution >= 4 is 16.0 Å². The second-order valence-corrected chi connectivity index (χ2v) is 6.89. The summed E-state index contributed by atoms with van der Waals surface area (Å²) in [4.78, 5) is 10.7. The molecule has 0 aromatic carbocycles. The molecule has 0 N–H and O–H groups in total. The maximum absolute atomic E-state index is 12.5. The Balaban J connectivity index is 1.71. The molecule has 21 heavy (non-hydrogen) atoms. The van der Waals surface area contributed by atoms with Gasteiger partial charge in [-0.05, 0) is 12.1 Å². The zero-order chi connectivity index (χ0) is 14.9. The zero-order valence-corrected chi connectivity index (χ0v) is 12.6. The van der Waals surface area contributed by atoms with E-state index in [-0.39, 0.29) is 0 Å². The van der Waals surface area contributed by atoms with Crippen molar-refractivity contribution in [2.24, 2.45) is 7.05 Å². The van der Waals surface area contributed by atoms with E-state index in [1.165, 1.54) is 4.31 Å². The lowest BCUT2D eigenvalue weighted by Crippen LogP contribution is -2.49. The summed E-state index contributed by atoms with van der Waals surface area (Å²) in [5, 5.41) is 0. The molecule has 0 amide bonds. The number of hydrogen-bond donors (Lipinski definition) is 0. The van der Waals surface area contributed by atoms with Gasteiger partial charge in [-0.2, -0.15) is 4.31 Å². The first-order valence-electron chi connectivity index (χ1n) is 6.71. The van der Waals surface area contributed by atoms with Crippen LogP contribution in [-0.2, 0) is 17.1 Å². The van der Waals surface area contributed by atoms with Gasteiger partial charge in [0.1, 0.15) is 0 Å². The summed E-state index contributed by atoms with van der Waals surface area (Å²) in [5.74, 6) is 0.647. The van der Waals surface area contributed by atoms with Crippen molar-refractivity contribution in [2.45, 2.75) is 4.90 Å². The molecule has 3 rings (SSSR count). The van der Waals surface area contributed by atoms with Crippen molar-refractivity contribution in [3.8, 4) is 0 Å². The van der Waals surface area contributed by atoms with Crippen LogP contribution in [0.15, 0.2) is 41.8 Å². The van der Waals surface area contributed by atoms with Crippen LogP contribution in [0, 0.1) is 0 Å². The van der Waals surface area contributed by atoms with Crippen LogP contribution in [-0.4, -0.2) is 53.4 Å². The summed E-state index contributed by atoms with van der Waals surface area (Å²) in [6.45, 7) is 2.07. The quantitative estimate of drug-likeness (QED) is 0.817. The lowest BCUT2D eigenvalue weighted by atomic mass is 10.4. The molecular formula is C13H17N5O2S. The van der Waals surface area contributed by atoms with Gasteiger partial charge >= 0.3 is 0 Å². The summed E-state index contributed by atoms with van der Waals surface area (Å²) in [5.41, 5.74) is 0. The van der Waals surface area contributed by atoms with Crippen LogP contribution in [0.5, 0.6) is 0 Å². The first kappa shape index (κ1) is 14.0. The van der Waals surface area contributed by atoms with Crippen LogP contribution in [0.3, 0.4) is 0 Å². The number of aryl methyl sites for hydroxylation is 1. The van der Waals surface area contributed by atoms with Crippen molar-refractivity contribution in [2.75, 3.05) is 31.1 Å². The van der Waals surface area contributed by atoms with Gasteiger partial charge in [-0.25, -0.2) is 18.4 Å². The zero-order valence-electron chi connectivity index (χ0n) is 11.8. The molecule has 2 aromatic rings. The molecule has 0 radical (unpaired) electrons. The maximum Gasteiger partial charge on any atom is 0.244 e. The first-order valence-corrected chi connectivity index (χ1v) is 8.15. The molecule has 8 heteroatoms. The fraction of sp³-hybridized carbons (Fsp3) is 0.385. The molecule has 0 aliphatic carbocycles. The minimum atomic E-state index is -3.40. The van der Waals surface area contributed by atoms with Gasteiger partial charge in [0.15, 0.2) is 0 Å². The van der Waals surface area contributed by atoms with Crippen LogP contribution in [0.25, 0.3) is 0 Å². The van der Waals surface area contributed by atoms with Crippen LogP contribution < -0.4 is 4.90 Å². The van der Waals surface area contributed by atoms with E-state index in [2.05, 4.69) is 9.97 Å². The molecule has 0 atom stereocenters. The highest BCUT2D eigenvalue weighted by Gasteiger charge is 2.29. The monoisotopic (exact) mass is 307 g/mol. The van der Waals surface area contributed by atoms with E-state index in [1.54, 1.807) is 41.5 Å². The highest BCUT2D eigenvalue weighted by Crippen LogP contribution is 2.19. The summed E-state index contributed by atoms with van der Waals surface area (Å²) in [6.07, 6.45) is 6.74. The molecule has 1 aliphatic heterocycles. The lowest BCUT2D eigenvalue weighted by Gasteiger charge is -2.33. The Hall–Kier alpha value is -1.93. The number of hydrogen-bond acceptors (Lipinski definition) is 5. The fourth-order valence-electron chi connectivity index (χ4n) is 2.36. The number of piperazine rings is 1. The highest BCUT2D eigenvalue weighted by atomic mass is 32.2. The Labute approximate surface area is 123 Å². The molecule has 0 unspecified atom stereocenters. The molecule has 1 aliphatic rings. The third kappa shape index (κ3) is 2.77. The average molecular weight is 307 g/mol. The summed E-state index contributed by atoms with van der Waals surface area (Å²) < 4.78 is 28.3. The molecule has 7 nitrogen and oxygen atoms in total. The normalized spacial score (nSPS) is 17.1. The lowest BCUT2D eigenvalue weighted by molar-refractivity contribution is 0.382. The van der Waals surface area contributed by atoms with E-state index in [0.717, 1.165) is 0 Å². The summed E-state index contributed by atoms with van der Waals surface area (Å²) in [7, 11) is -1.59. The fourth-order valence-corrected chi connectivity index (χ4v) is 3.84. The van der Waals surface area contributed by atoms with E-state index < -0.39 is 10.0 Å². The Morgan fingerprint density at radius 1 is 1.10 bits per heavy atom. The number of anilines is 1. The van der Waals surface area contributed by atoms with E-state index in [1.807, 2.05) is 11.9 Å². The van der Waals surface area contributed by atoms with Gasteiger partial charge in [-0.1, -0.05) is 0 Å². The number of rotatable bonds is 3. The van der Waals surface area contributed by atoms with E-state index in [0.29, 0.717) is 37.0 Å². The molecule has 0 spiro atoms. The van der Waals surface area contributed by atoms with E-state index in [4.69, 9.17) is 0 Å². The van der Waals surface area contributed by atoms with Gasteiger partial charge < -0.3 is 9.47 Å². The summed E-state index contributed by atoms with van der Waals surface area (Å²) >= 11 is 0. The van der Waals surface area contributed by atoms with Crippen molar-refractivity contribution < 1.29 is 8.42 Å². The summed E-state index contributed by atoms with van der Waals surface area (Å²) in [6, 6.07) is 3.39. The van der Waals surface area contributed by atoms with E-state index >= 15 is 0 Å². The molecule has 1 saturated heterocycles. The number of sulfonamides is 1. The Morgan fingerprint density at radius 2 is 1.76 bits per heavy atom. The predicted octanol–water partition coefficient (Wildman–Crippen LogP) is 0.326. The topological polar surface area (TPSA) is 71.3 Å². The largest absolute Gasteiger partial charge is 0.356 e. The van der Waals surface area contributed by atoms with Crippen LogP contribution in [0.2, 0.25) is 0 Å². The van der Waals surface area contributed by atoms with Crippen molar-refractivity contribution in [1.29, 1.82) is 0 Å².